The molecule has 0 unspecified atom stereocenters. The number of carbonyl (C=O) groups is 2. The number of allylic oxidation sites excluding steroid dienone is 1. The van der Waals surface area contributed by atoms with Crippen LogP contribution in [0.4, 0.5) is 0 Å². The van der Waals surface area contributed by atoms with Crippen molar-refractivity contribution < 1.29 is 9.59 Å². The van der Waals surface area contributed by atoms with E-state index in [4.69, 9.17) is 0 Å². The molecule has 2 amide bonds. The summed E-state index contributed by atoms with van der Waals surface area (Å²) in [5.74, 6) is 0.0106. The Balaban J connectivity index is 2.90. The monoisotopic (exact) mass is 182 g/mol. The van der Waals surface area contributed by atoms with Gasteiger partial charge in [0.15, 0.2) is 0 Å². The molecule has 1 fully saturated rings. The quantitative estimate of drug-likeness (QED) is 0.585. The van der Waals surface area contributed by atoms with E-state index in [-0.39, 0.29) is 24.3 Å². The summed E-state index contributed by atoms with van der Waals surface area (Å²) in [5, 5.41) is 2.52. The Labute approximate surface area is 77.6 Å². The molecule has 0 atom stereocenters. The van der Waals surface area contributed by atoms with E-state index in [0.29, 0.717) is 5.70 Å². The van der Waals surface area contributed by atoms with Gasteiger partial charge in [0.25, 0.3) is 5.91 Å². The molecule has 1 N–H and O–H groups in total. The summed E-state index contributed by atoms with van der Waals surface area (Å²) in [6, 6.07) is 0. The van der Waals surface area contributed by atoms with Crippen LogP contribution in [0.25, 0.3) is 0 Å². The van der Waals surface area contributed by atoms with Gasteiger partial charge in [0.05, 0.1) is 6.54 Å². The molecule has 0 bridgehead atoms. The van der Waals surface area contributed by atoms with Crippen LogP contribution in [0.1, 0.15) is 13.8 Å². The smallest absolute Gasteiger partial charge is 0.268 e. The first-order valence-corrected chi connectivity index (χ1v) is 4.29. The fourth-order valence-electron chi connectivity index (χ4n) is 1.15. The van der Waals surface area contributed by atoms with E-state index in [2.05, 4.69) is 5.32 Å². The number of amides is 2. The summed E-state index contributed by atoms with van der Waals surface area (Å²) >= 11 is 0. The van der Waals surface area contributed by atoms with Crippen molar-refractivity contribution in [3.05, 3.63) is 11.8 Å². The lowest BCUT2D eigenvalue weighted by Crippen LogP contribution is -2.48. The lowest BCUT2D eigenvalue weighted by molar-refractivity contribution is -0.135. The van der Waals surface area contributed by atoms with Crippen molar-refractivity contribution in [1.82, 2.24) is 10.2 Å². The lowest BCUT2D eigenvalue weighted by Gasteiger charge is -2.25. The summed E-state index contributed by atoms with van der Waals surface area (Å²) in [6.45, 7) is 4.03. The molecular formula is C9H14N2O2. The van der Waals surface area contributed by atoms with Crippen LogP contribution in [0.15, 0.2) is 11.8 Å². The van der Waals surface area contributed by atoms with E-state index < -0.39 is 0 Å². The molecule has 1 heterocycles. The van der Waals surface area contributed by atoms with Gasteiger partial charge in [0.1, 0.15) is 5.70 Å². The molecular weight excluding hydrogens is 168 g/mol. The molecule has 1 saturated heterocycles. The third-order valence-electron chi connectivity index (χ3n) is 1.86. The third kappa shape index (κ3) is 2.08. The van der Waals surface area contributed by atoms with Crippen LogP contribution in [0.2, 0.25) is 0 Å². The third-order valence-corrected chi connectivity index (χ3v) is 1.86. The lowest BCUT2D eigenvalue weighted by atomic mass is 10.1. The predicted molar refractivity (Wildman–Crippen MR) is 48.7 cm³/mol. The zero-order chi connectivity index (χ0) is 10.0. The number of carbonyl (C=O) groups excluding carboxylic acids is 2. The van der Waals surface area contributed by atoms with Crippen molar-refractivity contribution in [2.45, 2.75) is 13.8 Å². The zero-order valence-electron chi connectivity index (χ0n) is 8.13. The minimum atomic E-state index is -0.171. The van der Waals surface area contributed by atoms with Gasteiger partial charge in [-0.3, -0.25) is 9.59 Å². The van der Waals surface area contributed by atoms with Gasteiger partial charge in [0, 0.05) is 7.05 Å². The average molecular weight is 182 g/mol. The summed E-state index contributed by atoms with van der Waals surface area (Å²) in [6.07, 6.45) is 1.78. The summed E-state index contributed by atoms with van der Waals surface area (Å²) in [7, 11) is 1.62. The Morgan fingerprint density at radius 3 is 2.62 bits per heavy atom. The first kappa shape index (κ1) is 9.77. The molecule has 0 aromatic heterocycles. The first-order chi connectivity index (χ1) is 6.02. The Hall–Kier alpha value is -1.32. The Bertz CT molecular complexity index is 269. The number of hydrogen-bond donors (Lipinski definition) is 1. The number of rotatable bonds is 1. The standard InChI is InChI=1S/C9H14N2O2/c1-6(2)4-7-9(13)10-5-8(12)11(7)3/h4,6H,5H2,1-3H3,(H,10,13)/b7-4+. The van der Waals surface area contributed by atoms with Gasteiger partial charge in [-0.15, -0.1) is 0 Å². The summed E-state index contributed by atoms with van der Waals surface area (Å²) in [5.41, 5.74) is 0.450. The van der Waals surface area contributed by atoms with Crippen LogP contribution >= 0.6 is 0 Å². The van der Waals surface area contributed by atoms with Crippen molar-refractivity contribution in [3.8, 4) is 0 Å². The second kappa shape index (κ2) is 3.60. The van der Waals surface area contributed by atoms with Crippen molar-refractivity contribution >= 4 is 11.8 Å². The zero-order valence-corrected chi connectivity index (χ0v) is 8.13. The number of piperazine rings is 1. The largest absolute Gasteiger partial charge is 0.342 e. The van der Waals surface area contributed by atoms with Gasteiger partial charge in [-0.05, 0) is 5.92 Å². The van der Waals surface area contributed by atoms with E-state index in [1.54, 1.807) is 13.1 Å². The van der Waals surface area contributed by atoms with Crippen LogP contribution in [-0.4, -0.2) is 30.3 Å². The Morgan fingerprint density at radius 1 is 1.46 bits per heavy atom. The molecule has 0 spiro atoms. The topological polar surface area (TPSA) is 49.4 Å². The Morgan fingerprint density at radius 2 is 2.08 bits per heavy atom. The molecule has 0 saturated carbocycles. The van der Waals surface area contributed by atoms with Crippen molar-refractivity contribution in [2.75, 3.05) is 13.6 Å². The molecule has 13 heavy (non-hydrogen) atoms. The van der Waals surface area contributed by atoms with E-state index in [9.17, 15) is 9.59 Å². The van der Waals surface area contributed by atoms with Gasteiger partial charge in [-0.1, -0.05) is 19.9 Å². The average Bonchev–Trinajstić information content (AvgIpc) is 2.05. The van der Waals surface area contributed by atoms with Crippen LogP contribution in [-0.2, 0) is 9.59 Å². The molecule has 4 nitrogen and oxygen atoms in total. The minimum Gasteiger partial charge on any atom is -0.342 e. The van der Waals surface area contributed by atoms with Gasteiger partial charge in [0.2, 0.25) is 5.91 Å². The minimum absolute atomic E-state index is 0.0773. The second-order valence-electron chi connectivity index (χ2n) is 3.43. The van der Waals surface area contributed by atoms with Gasteiger partial charge >= 0.3 is 0 Å². The van der Waals surface area contributed by atoms with Gasteiger partial charge < -0.3 is 10.2 Å². The van der Waals surface area contributed by atoms with Crippen LogP contribution in [0.3, 0.4) is 0 Å². The van der Waals surface area contributed by atoms with E-state index in [0.717, 1.165) is 0 Å². The highest BCUT2D eigenvalue weighted by molar-refractivity contribution is 6.02. The number of hydrogen-bond acceptors (Lipinski definition) is 2. The van der Waals surface area contributed by atoms with Crippen LogP contribution < -0.4 is 5.32 Å². The van der Waals surface area contributed by atoms with Crippen molar-refractivity contribution in [3.63, 3.8) is 0 Å². The van der Waals surface area contributed by atoms with E-state index in [1.165, 1.54) is 4.90 Å². The highest BCUT2D eigenvalue weighted by atomic mass is 16.2. The molecule has 1 aliphatic rings. The number of nitrogens with zero attached hydrogens (tertiary/aromatic N) is 1. The molecule has 72 valence electrons. The SMILES string of the molecule is CC(C)/C=C1\C(=O)NCC(=O)N1C. The number of nitrogens with one attached hydrogen (secondary N) is 1. The van der Waals surface area contributed by atoms with E-state index >= 15 is 0 Å². The number of likely N-dealkylation sites (N-methyl/N-ethyl adjacent to an activating group) is 1. The maximum atomic E-state index is 11.3. The molecule has 1 aliphatic heterocycles. The highest BCUT2D eigenvalue weighted by Crippen LogP contribution is 2.10. The molecule has 0 aromatic carbocycles. The predicted octanol–water partition coefficient (Wildman–Crippen LogP) is 0.114. The maximum absolute atomic E-state index is 11.3. The molecule has 0 aliphatic carbocycles. The fraction of sp³-hybridized carbons (Fsp3) is 0.556. The van der Waals surface area contributed by atoms with Gasteiger partial charge in [-0.2, -0.15) is 0 Å². The molecule has 4 heteroatoms. The van der Waals surface area contributed by atoms with E-state index in [1.807, 2.05) is 13.8 Å². The maximum Gasteiger partial charge on any atom is 0.268 e. The summed E-state index contributed by atoms with van der Waals surface area (Å²) in [4.78, 5) is 23.9. The van der Waals surface area contributed by atoms with Crippen molar-refractivity contribution in [2.24, 2.45) is 5.92 Å². The van der Waals surface area contributed by atoms with Crippen LogP contribution in [0, 0.1) is 5.92 Å². The first-order valence-electron chi connectivity index (χ1n) is 4.29. The molecule has 1 rings (SSSR count). The van der Waals surface area contributed by atoms with Crippen molar-refractivity contribution in [1.29, 1.82) is 0 Å². The normalized spacial score (nSPS) is 21.2. The van der Waals surface area contributed by atoms with Gasteiger partial charge in [-0.25, -0.2) is 0 Å². The Kier molecular flexibility index (Phi) is 2.70. The second-order valence-corrected chi connectivity index (χ2v) is 3.43. The van der Waals surface area contributed by atoms with Crippen LogP contribution in [0.5, 0.6) is 0 Å². The molecule has 0 aromatic rings. The molecule has 0 radical (unpaired) electrons. The fourth-order valence-corrected chi connectivity index (χ4v) is 1.15. The highest BCUT2D eigenvalue weighted by Gasteiger charge is 2.25. The summed E-state index contributed by atoms with van der Waals surface area (Å²) < 4.78 is 0.